The van der Waals surface area contributed by atoms with Gasteiger partial charge in [-0.05, 0) is 0 Å². The number of aliphatic carboxylic acids is 3. The summed E-state index contributed by atoms with van der Waals surface area (Å²) in [6.45, 7) is -2.24. The van der Waals surface area contributed by atoms with Gasteiger partial charge in [0.15, 0.2) is 0 Å². The lowest BCUT2D eigenvalue weighted by Gasteiger charge is -2.25. The van der Waals surface area contributed by atoms with Crippen molar-refractivity contribution in [3.05, 3.63) is 0 Å². The number of thiol groups is 2. The lowest BCUT2D eigenvalue weighted by atomic mass is 10.2. The fourth-order valence-electron chi connectivity index (χ4n) is 2.03. The van der Waals surface area contributed by atoms with Crippen molar-refractivity contribution in [3.8, 4) is 0 Å². The SMILES string of the molecule is O=C(O)CN(CCN(CC(=O)O)CC(=O)O[C@H](CS)[C@H](O)CS)CC(=O)O. The smallest absolute Gasteiger partial charge is 0.320 e. The van der Waals surface area contributed by atoms with Crippen LogP contribution in [0.4, 0.5) is 0 Å². The summed E-state index contributed by atoms with van der Waals surface area (Å²) in [6.07, 6.45) is -1.95. The Bertz CT molecular complexity index is 505. The van der Waals surface area contributed by atoms with E-state index in [1.54, 1.807) is 0 Å². The van der Waals surface area contributed by atoms with Crippen LogP contribution in [0, 0.1) is 0 Å². The molecular weight excluding hydrogens is 404 g/mol. The van der Waals surface area contributed by atoms with Gasteiger partial charge in [-0.1, -0.05) is 0 Å². The number of ether oxygens (including phenoxy) is 1. The molecule has 0 bridgehead atoms. The Morgan fingerprint density at radius 2 is 1.19 bits per heavy atom. The molecule has 0 amide bonds. The number of carboxylic acid groups (broad SMARTS) is 3. The topological polar surface area (TPSA) is 165 Å². The zero-order valence-corrected chi connectivity index (χ0v) is 16.2. The largest absolute Gasteiger partial charge is 0.480 e. The Hall–Kier alpha value is -1.54. The summed E-state index contributed by atoms with van der Waals surface area (Å²) in [5.41, 5.74) is 0. The molecule has 0 heterocycles. The van der Waals surface area contributed by atoms with Crippen LogP contribution in [0.15, 0.2) is 0 Å². The van der Waals surface area contributed by atoms with Crippen LogP contribution in [-0.4, -0.2) is 117 Å². The first-order valence-corrected chi connectivity index (χ1v) is 9.04. The summed E-state index contributed by atoms with van der Waals surface area (Å²) >= 11 is 7.86. The predicted molar refractivity (Wildman–Crippen MR) is 99.4 cm³/mol. The van der Waals surface area contributed by atoms with Crippen LogP contribution in [0.1, 0.15) is 0 Å². The number of esters is 1. The Kier molecular flexibility index (Phi) is 12.8. The second-order valence-corrected chi connectivity index (χ2v) is 6.29. The van der Waals surface area contributed by atoms with Crippen molar-refractivity contribution >= 4 is 49.1 Å². The summed E-state index contributed by atoms with van der Waals surface area (Å²) < 4.78 is 5.05. The fraction of sp³-hybridized carbons (Fsp3) is 0.714. The van der Waals surface area contributed by atoms with Crippen molar-refractivity contribution in [1.82, 2.24) is 9.80 Å². The van der Waals surface area contributed by atoms with E-state index in [2.05, 4.69) is 25.3 Å². The predicted octanol–water partition coefficient (Wildman–Crippen LogP) is -2.02. The summed E-state index contributed by atoms with van der Waals surface area (Å²) in [6, 6.07) is 0. The Morgan fingerprint density at radius 1 is 0.778 bits per heavy atom. The lowest BCUT2D eigenvalue weighted by Crippen LogP contribution is -2.44. The maximum absolute atomic E-state index is 12.0. The third-order valence-corrected chi connectivity index (χ3v) is 3.97. The zero-order chi connectivity index (χ0) is 21.0. The third-order valence-electron chi connectivity index (χ3n) is 3.24. The first-order valence-electron chi connectivity index (χ1n) is 7.78. The van der Waals surface area contributed by atoms with E-state index in [-0.39, 0.29) is 24.6 Å². The quantitative estimate of drug-likeness (QED) is 0.126. The van der Waals surface area contributed by atoms with E-state index in [1.807, 2.05) is 0 Å². The highest BCUT2D eigenvalue weighted by molar-refractivity contribution is 7.80. The molecule has 0 saturated carbocycles. The second-order valence-electron chi connectivity index (χ2n) is 5.56. The van der Waals surface area contributed by atoms with Crippen molar-refractivity contribution in [1.29, 1.82) is 0 Å². The highest BCUT2D eigenvalue weighted by Crippen LogP contribution is 2.05. The minimum absolute atomic E-state index is 0.0384. The molecule has 4 N–H and O–H groups in total. The van der Waals surface area contributed by atoms with Crippen LogP contribution in [0.5, 0.6) is 0 Å². The van der Waals surface area contributed by atoms with Crippen molar-refractivity contribution in [2.24, 2.45) is 0 Å². The van der Waals surface area contributed by atoms with Gasteiger partial charge in [-0.2, -0.15) is 25.3 Å². The highest BCUT2D eigenvalue weighted by atomic mass is 32.1. The Balaban J connectivity index is 4.85. The van der Waals surface area contributed by atoms with Gasteiger partial charge >= 0.3 is 23.9 Å². The molecule has 0 aliphatic heterocycles. The van der Waals surface area contributed by atoms with Gasteiger partial charge in [-0.3, -0.25) is 29.0 Å². The van der Waals surface area contributed by atoms with Crippen molar-refractivity contribution < 1.29 is 44.3 Å². The van der Waals surface area contributed by atoms with Crippen LogP contribution in [-0.2, 0) is 23.9 Å². The molecule has 0 aromatic heterocycles. The molecular formula is C14H24N2O9S2. The molecule has 13 heteroatoms. The molecule has 0 rings (SSSR count). The molecule has 0 saturated heterocycles. The van der Waals surface area contributed by atoms with Crippen LogP contribution < -0.4 is 0 Å². The van der Waals surface area contributed by atoms with Crippen molar-refractivity contribution in [2.75, 3.05) is 50.8 Å². The molecule has 0 radical (unpaired) electrons. The first kappa shape index (κ1) is 25.5. The number of nitrogens with zero attached hydrogens (tertiary/aromatic N) is 2. The van der Waals surface area contributed by atoms with Crippen LogP contribution in [0.2, 0.25) is 0 Å². The molecule has 0 unspecified atom stereocenters. The van der Waals surface area contributed by atoms with Gasteiger partial charge in [0.1, 0.15) is 12.2 Å². The molecule has 11 nitrogen and oxygen atoms in total. The summed E-state index contributed by atoms with van der Waals surface area (Å²) in [5.74, 6) is -4.43. The number of carboxylic acids is 3. The second kappa shape index (κ2) is 13.6. The highest BCUT2D eigenvalue weighted by Gasteiger charge is 2.24. The van der Waals surface area contributed by atoms with E-state index < -0.39 is 62.3 Å². The van der Waals surface area contributed by atoms with Gasteiger partial charge in [-0.25, -0.2) is 0 Å². The molecule has 0 aliphatic rings. The van der Waals surface area contributed by atoms with Gasteiger partial charge < -0.3 is 25.2 Å². The average molecular weight is 428 g/mol. The van der Waals surface area contributed by atoms with E-state index in [4.69, 9.17) is 20.1 Å². The molecule has 0 aliphatic carbocycles. The van der Waals surface area contributed by atoms with E-state index >= 15 is 0 Å². The maximum atomic E-state index is 12.0. The lowest BCUT2D eigenvalue weighted by molar-refractivity contribution is -0.155. The molecule has 0 fully saturated rings. The summed E-state index contributed by atoms with van der Waals surface area (Å²) in [4.78, 5) is 46.8. The Morgan fingerprint density at radius 3 is 1.52 bits per heavy atom. The minimum Gasteiger partial charge on any atom is -0.480 e. The fourth-order valence-corrected chi connectivity index (χ4v) is 2.58. The van der Waals surface area contributed by atoms with Gasteiger partial charge in [-0.15, -0.1) is 0 Å². The molecule has 0 aromatic rings. The zero-order valence-electron chi connectivity index (χ0n) is 14.4. The first-order chi connectivity index (χ1) is 12.6. The standard InChI is InChI=1S/C14H24N2O9S2/c17-9(7-26)10(8-27)25-14(24)6-16(5-13(22)23)2-1-15(3-11(18)19)4-12(20)21/h9-10,17,26-27H,1-8H2,(H,18,19)(H,20,21)(H,22,23)/t9-,10-/m1/s1. The summed E-state index contributed by atoms with van der Waals surface area (Å²) in [5, 5.41) is 36.2. The normalized spacial score (nSPS) is 13.4. The summed E-state index contributed by atoms with van der Waals surface area (Å²) in [7, 11) is 0. The number of rotatable bonds is 15. The van der Waals surface area contributed by atoms with Gasteiger partial charge in [0.05, 0.1) is 26.2 Å². The van der Waals surface area contributed by atoms with Gasteiger partial charge in [0.25, 0.3) is 0 Å². The van der Waals surface area contributed by atoms with E-state index in [0.717, 1.165) is 4.90 Å². The van der Waals surface area contributed by atoms with Gasteiger partial charge in [0.2, 0.25) is 0 Å². The maximum Gasteiger partial charge on any atom is 0.320 e. The third kappa shape index (κ3) is 12.5. The van der Waals surface area contributed by atoms with Crippen LogP contribution in [0.25, 0.3) is 0 Å². The molecule has 0 spiro atoms. The van der Waals surface area contributed by atoms with Gasteiger partial charge in [0, 0.05) is 24.6 Å². The number of aliphatic hydroxyl groups excluding tert-OH is 1. The number of carbonyl (C=O) groups excluding carboxylic acids is 1. The van der Waals surface area contributed by atoms with E-state index in [1.165, 1.54) is 4.90 Å². The van der Waals surface area contributed by atoms with E-state index in [0.29, 0.717) is 0 Å². The van der Waals surface area contributed by atoms with Crippen molar-refractivity contribution in [2.45, 2.75) is 12.2 Å². The van der Waals surface area contributed by atoms with Crippen molar-refractivity contribution in [3.63, 3.8) is 0 Å². The van der Waals surface area contributed by atoms with E-state index in [9.17, 15) is 24.3 Å². The molecule has 0 aromatic carbocycles. The molecule has 27 heavy (non-hydrogen) atoms. The molecule has 156 valence electrons. The van der Waals surface area contributed by atoms with Crippen LogP contribution in [0.3, 0.4) is 0 Å². The monoisotopic (exact) mass is 428 g/mol. The number of aliphatic hydroxyl groups is 1. The number of hydrogen-bond donors (Lipinski definition) is 6. The van der Waals surface area contributed by atoms with Crippen LogP contribution >= 0.6 is 25.3 Å². The minimum atomic E-state index is -1.24. The number of hydrogen-bond acceptors (Lipinski definition) is 10. The average Bonchev–Trinajstić information content (AvgIpc) is 2.55. The number of carbonyl (C=O) groups is 4. The Labute approximate surface area is 166 Å². The molecule has 2 atom stereocenters.